The van der Waals surface area contributed by atoms with Gasteiger partial charge in [-0.15, -0.1) is 0 Å². The van der Waals surface area contributed by atoms with E-state index in [0.717, 1.165) is 17.4 Å². The van der Waals surface area contributed by atoms with Crippen molar-refractivity contribution in [3.63, 3.8) is 0 Å². The number of nitrogens with zero attached hydrogens (tertiary/aromatic N) is 1. The van der Waals surface area contributed by atoms with Crippen molar-refractivity contribution in [2.45, 2.75) is 44.3 Å². The molecule has 1 aliphatic carbocycles. The number of hydrogen-bond donors (Lipinski definition) is 2. The van der Waals surface area contributed by atoms with E-state index in [4.69, 9.17) is 9.47 Å². The first kappa shape index (κ1) is 13.2. The molecule has 21 heavy (non-hydrogen) atoms. The average molecular weight is 290 g/mol. The number of phenols is 1. The van der Waals surface area contributed by atoms with E-state index in [1.165, 1.54) is 38.8 Å². The molecule has 1 aromatic rings. The first-order valence-electron chi connectivity index (χ1n) is 7.88. The molecule has 2 aliphatic heterocycles. The molecule has 2 N–H and O–H groups in total. The van der Waals surface area contributed by atoms with Gasteiger partial charge in [0.05, 0.1) is 0 Å². The molecule has 0 aromatic heterocycles. The largest absolute Gasteiger partial charge is 0.507 e. The van der Waals surface area contributed by atoms with Crippen LogP contribution in [-0.4, -0.2) is 42.0 Å². The number of ether oxygens (including phenoxy) is 2. The standard InChI is InChI=1S/C16H22N2O3/c19-14-8-16-15(20-10-21-16)7-11(14)9-17-12-3-5-18(6-4-12)13-1-2-13/h7-8,12-13,17,19H,1-6,9-10H2. The van der Waals surface area contributed by atoms with Gasteiger partial charge in [0.2, 0.25) is 6.79 Å². The molecule has 114 valence electrons. The molecule has 1 saturated heterocycles. The molecule has 0 amide bonds. The van der Waals surface area contributed by atoms with E-state index in [-0.39, 0.29) is 12.5 Å². The third kappa shape index (κ3) is 2.80. The fourth-order valence-electron chi connectivity index (χ4n) is 3.28. The number of phenolic OH excluding ortho intramolecular Hbond substituents is 1. The minimum Gasteiger partial charge on any atom is -0.507 e. The molecule has 1 aromatic carbocycles. The summed E-state index contributed by atoms with van der Waals surface area (Å²) in [7, 11) is 0. The second kappa shape index (κ2) is 5.39. The Balaban J connectivity index is 1.32. The number of hydrogen-bond acceptors (Lipinski definition) is 5. The monoisotopic (exact) mass is 290 g/mol. The van der Waals surface area contributed by atoms with Crippen LogP contribution in [0.2, 0.25) is 0 Å². The highest BCUT2D eigenvalue weighted by Gasteiger charge is 2.31. The molecule has 0 atom stereocenters. The quantitative estimate of drug-likeness (QED) is 0.886. The first-order valence-corrected chi connectivity index (χ1v) is 7.88. The number of likely N-dealkylation sites (tertiary alicyclic amines) is 1. The van der Waals surface area contributed by atoms with Gasteiger partial charge in [-0.2, -0.15) is 0 Å². The van der Waals surface area contributed by atoms with E-state index >= 15 is 0 Å². The highest BCUT2D eigenvalue weighted by Crippen LogP contribution is 2.37. The molecular formula is C16H22N2O3. The summed E-state index contributed by atoms with van der Waals surface area (Å²) in [6, 6.07) is 4.95. The van der Waals surface area contributed by atoms with Crippen molar-refractivity contribution in [1.82, 2.24) is 10.2 Å². The van der Waals surface area contributed by atoms with Crippen LogP contribution in [0.3, 0.4) is 0 Å². The molecule has 0 radical (unpaired) electrons. The van der Waals surface area contributed by atoms with Gasteiger partial charge < -0.3 is 24.8 Å². The van der Waals surface area contributed by atoms with E-state index < -0.39 is 0 Å². The second-order valence-electron chi connectivity index (χ2n) is 6.26. The van der Waals surface area contributed by atoms with Gasteiger partial charge in [0, 0.05) is 30.3 Å². The molecule has 1 saturated carbocycles. The number of nitrogens with one attached hydrogen (secondary N) is 1. The summed E-state index contributed by atoms with van der Waals surface area (Å²) >= 11 is 0. The maximum Gasteiger partial charge on any atom is 0.231 e. The fourth-order valence-corrected chi connectivity index (χ4v) is 3.28. The summed E-state index contributed by atoms with van der Waals surface area (Å²) in [6.07, 6.45) is 5.18. The lowest BCUT2D eigenvalue weighted by molar-refractivity contribution is 0.174. The summed E-state index contributed by atoms with van der Waals surface area (Å²) in [6.45, 7) is 3.33. The average Bonchev–Trinajstić information content (AvgIpc) is 3.25. The van der Waals surface area contributed by atoms with Gasteiger partial charge in [0.15, 0.2) is 11.5 Å². The van der Waals surface area contributed by atoms with Crippen molar-refractivity contribution in [3.8, 4) is 17.2 Å². The Hall–Kier alpha value is -1.46. The van der Waals surface area contributed by atoms with Crippen molar-refractivity contribution in [3.05, 3.63) is 17.7 Å². The third-order valence-electron chi connectivity index (χ3n) is 4.75. The van der Waals surface area contributed by atoms with Gasteiger partial charge in [-0.1, -0.05) is 0 Å². The Bertz CT molecular complexity index is 522. The van der Waals surface area contributed by atoms with Crippen molar-refractivity contribution in [1.29, 1.82) is 0 Å². The molecule has 4 rings (SSSR count). The fraction of sp³-hybridized carbons (Fsp3) is 0.625. The van der Waals surface area contributed by atoms with Gasteiger partial charge in [-0.3, -0.25) is 0 Å². The number of fused-ring (bicyclic) bond motifs is 1. The summed E-state index contributed by atoms with van der Waals surface area (Å²) in [5, 5.41) is 13.6. The molecular weight excluding hydrogens is 268 g/mol. The molecule has 5 nitrogen and oxygen atoms in total. The molecule has 0 spiro atoms. The van der Waals surface area contributed by atoms with Gasteiger partial charge in [0.1, 0.15) is 5.75 Å². The van der Waals surface area contributed by atoms with Crippen molar-refractivity contribution in [2.24, 2.45) is 0 Å². The van der Waals surface area contributed by atoms with Crippen LogP contribution in [0.5, 0.6) is 17.2 Å². The van der Waals surface area contributed by atoms with Crippen LogP contribution in [0.15, 0.2) is 12.1 Å². The summed E-state index contributed by atoms with van der Waals surface area (Å²) < 4.78 is 10.6. The Kier molecular flexibility index (Phi) is 3.39. The maximum absolute atomic E-state index is 10.0. The predicted octanol–water partition coefficient (Wildman–Crippen LogP) is 1.84. The first-order chi connectivity index (χ1) is 10.3. The normalized spacial score (nSPS) is 22.7. The minimum absolute atomic E-state index is 0.241. The number of aromatic hydroxyl groups is 1. The Labute approximate surface area is 124 Å². The molecule has 0 bridgehead atoms. The van der Waals surface area contributed by atoms with E-state index in [0.29, 0.717) is 18.3 Å². The summed E-state index contributed by atoms with van der Waals surface area (Å²) in [5.41, 5.74) is 0.879. The van der Waals surface area contributed by atoms with Crippen molar-refractivity contribution < 1.29 is 14.6 Å². The maximum atomic E-state index is 10.0. The van der Waals surface area contributed by atoms with E-state index in [9.17, 15) is 5.11 Å². The highest BCUT2D eigenvalue weighted by molar-refractivity contribution is 5.51. The molecule has 2 heterocycles. The zero-order valence-corrected chi connectivity index (χ0v) is 12.2. The zero-order valence-electron chi connectivity index (χ0n) is 12.2. The lowest BCUT2D eigenvalue weighted by Gasteiger charge is -2.32. The van der Waals surface area contributed by atoms with Crippen LogP contribution >= 0.6 is 0 Å². The minimum atomic E-state index is 0.241. The van der Waals surface area contributed by atoms with E-state index in [2.05, 4.69) is 10.2 Å². The summed E-state index contributed by atoms with van der Waals surface area (Å²) in [5.74, 6) is 1.64. The number of benzene rings is 1. The molecule has 5 heteroatoms. The molecule has 2 fully saturated rings. The van der Waals surface area contributed by atoms with E-state index in [1.807, 2.05) is 6.07 Å². The van der Waals surface area contributed by atoms with Crippen LogP contribution in [0.1, 0.15) is 31.2 Å². The Morgan fingerprint density at radius 3 is 2.52 bits per heavy atom. The Morgan fingerprint density at radius 1 is 1.10 bits per heavy atom. The van der Waals surface area contributed by atoms with E-state index in [1.54, 1.807) is 6.07 Å². The number of rotatable bonds is 4. The highest BCUT2D eigenvalue weighted by atomic mass is 16.7. The van der Waals surface area contributed by atoms with Crippen LogP contribution in [0.4, 0.5) is 0 Å². The lowest BCUT2D eigenvalue weighted by Crippen LogP contribution is -2.43. The van der Waals surface area contributed by atoms with Crippen molar-refractivity contribution >= 4 is 0 Å². The van der Waals surface area contributed by atoms with Crippen LogP contribution in [0, 0.1) is 0 Å². The molecule has 3 aliphatic rings. The van der Waals surface area contributed by atoms with Gasteiger partial charge in [-0.25, -0.2) is 0 Å². The van der Waals surface area contributed by atoms with Crippen LogP contribution < -0.4 is 14.8 Å². The second-order valence-corrected chi connectivity index (χ2v) is 6.26. The summed E-state index contributed by atoms with van der Waals surface area (Å²) in [4.78, 5) is 2.62. The third-order valence-corrected chi connectivity index (χ3v) is 4.75. The SMILES string of the molecule is Oc1cc2c(cc1CNC1CCN(C3CC3)CC1)OCO2. The topological polar surface area (TPSA) is 54.0 Å². The van der Waals surface area contributed by atoms with Gasteiger partial charge >= 0.3 is 0 Å². The van der Waals surface area contributed by atoms with Crippen LogP contribution in [0.25, 0.3) is 0 Å². The molecule has 0 unspecified atom stereocenters. The van der Waals surface area contributed by atoms with Gasteiger partial charge in [0.25, 0.3) is 0 Å². The van der Waals surface area contributed by atoms with Crippen molar-refractivity contribution in [2.75, 3.05) is 19.9 Å². The van der Waals surface area contributed by atoms with Gasteiger partial charge in [-0.05, 0) is 44.8 Å². The Morgan fingerprint density at radius 2 is 1.81 bits per heavy atom. The van der Waals surface area contributed by atoms with Crippen LogP contribution in [-0.2, 0) is 6.54 Å². The lowest BCUT2D eigenvalue weighted by atomic mass is 10.0. The zero-order chi connectivity index (χ0) is 14.2. The smallest absolute Gasteiger partial charge is 0.231 e. The number of piperidine rings is 1. The predicted molar refractivity (Wildman–Crippen MR) is 78.7 cm³/mol.